The zero-order valence-electron chi connectivity index (χ0n) is 17.9. The molecule has 5 nitrogen and oxygen atoms in total. The van der Waals surface area contributed by atoms with Gasteiger partial charge in [0, 0.05) is 28.7 Å². The molecule has 0 fully saturated rings. The third kappa shape index (κ3) is 4.24. The highest BCUT2D eigenvalue weighted by molar-refractivity contribution is 5.93. The van der Waals surface area contributed by atoms with Crippen LogP contribution in [0.25, 0.3) is 27.8 Å². The predicted octanol–water partition coefficient (Wildman–Crippen LogP) is 4.71. The summed E-state index contributed by atoms with van der Waals surface area (Å²) in [6.07, 6.45) is 5.19. The Balaban J connectivity index is 1.34. The molecule has 166 valence electrons. The van der Waals surface area contributed by atoms with E-state index in [0.717, 1.165) is 33.0 Å². The van der Waals surface area contributed by atoms with Gasteiger partial charge in [-0.25, -0.2) is 4.39 Å². The van der Waals surface area contributed by atoms with Crippen LogP contribution in [0.4, 0.5) is 4.39 Å². The van der Waals surface area contributed by atoms with Gasteiger partial charge in [0.15, 0.2) is 0 Å². The summed E-state index contributed by atoms with van der Waals surface area (Å²) in [6, 6.07) is 18.4. The molecule has 0 aliphatic heterocycles. The van der Waals surface area contributed by atoms with Crippen LogP contribution in [0, 0.1) is 5.82 Å². The van der Waals surface area contributed by atoms with Crippen LogP contribution in [0.1, 0.15) is 23.2 Å². The SMILES string of the molecule is O=C(O)Cn1c2c(c3cc(F)ccc31)CC(NC(=O)C=Cc1ccc3ccccc3c1)CC2. The highest BCUT2D eigenvalue weighted by Crippen LogP contribution is 2.33. The number of aromatic nitrogens is 1. The van der Waals surface area contributed by atoms with E-state index in [9.17, 15) is 19.1 Å². The molecule has 1 atom stereocenters. The summed E-state index contributed by atoms with van der Waals surface area (Å²) in [5, 5.41) is 15.4. The van der Waals surface area contributed by atoms with Crippen molar-refractivity contribution in [2.75, 3.05) is 0 Å². The van der Waals surface area contributed by atoms with Gasteiger partial charge in [0.05, 0.1) is 0 Å². The first-order chi connectivity index (χ1) is 16.0. The number of halogens is 1. The number of hydrogen-bond donors (Lipinski definition) is 2. The molecule has 1 heterocycles. The Morgan fingerprint density at radius 2 is 1.91 bits per heavy atom. The monoisotopic (exact) mass is 442 g/mol. The van der Waals surface area contributed by atoms with Crippen molar-refractivity contribution >= 4 is 39.6 Å². The van der Waals surface area contributed by atoms with Crippen LogP contribution in [-0.2, 0) is 29.0 Å². The van der Waals surface area contributed by atoms with Gasteiger partial charge in [-0.3, -0.25) is 9.59 Å². The Hall–Kier alpha value is -3.93. The molecule has 2 N–H and O–H groups in total. The maximum absolute atomic E-state index is 13.9. The lowest BCUT2D eigenvalue weighted by molar-refractivity contribution is -0.137. The number of carbonyl (C=O) groups excluding carboxylic acids is 1. The minimum atomic E-state index is -0.937. The van der Waals surface area contributed by atoms with Crippen molar-refractivity contribution in [3.8, 4) is 0 Å². The summed E-state index contributed by atoms with van der Waals surface area (Å²) in [4.78, 5) is 24.0. The maximum Gasteiger partial charge on any atom is 0.323 e. The van der Waals surface area contributed by atoms with Crippen LogP contribution in [0.5, 0.6) is 0 Å². The predicted molar refractivity (Wildman–Crippen MR) is 126 cm³/mol. The van der Waals surface area contributed by atoms with Crippen LogP contribution in [0.3, 0.4) is 0 Å². The van der Waals surface area contributed by atoms with Crippen LogP contribution < -0.4 is 5.32 Å². The van der Waals surface area contributed by atoms with Crippen LogP contribution >= 0.6 is 0 Å². The fourth-order valence-electron chi connectivity index (χ4n) is 4.79. The molecule has 1 amide bonds. The second-order valence-electron chi connectivity index (χ2n) is 8.45. The van der Waals surface area contributed by atoms with Gasteiger partial charge in [0.2, 0.25) is 5.91 Å². The molecule has 0 spiro atoms. The summed E-state index contributed by atoms with van der Waals surface area (Å²) in [7, 11) is 0. The van der Waals surface area contributed by atoms with E-state index >= 15 is 0 Å². The fraction of sp³-hybridized carbons (Fsp3) is 0.185. The number of fused-ring (bicyclic) bond motifs is 4. The normalized spacial score (nSPS) is 15.7. The topological polar surface area (TPSA) is 71.3 Å². The maximum atomic E-state index is 13.9. The standard InChI is InChI=1S/C27H23FN2O3/c28-20-8-10-24-22(14-20)23-15-21(9-11-25(23)30(24)16-27(32)33)29-26(31)12-6-17-5-7-18-3-1-2-4-19(18)13-17/h1-8,10,12-14,21H,9,11,15-16H2,(H,29,31)(H,32,33). The molecule has 3 aromatic carbocycles. The first kappa shape index (κ1) is 20.9. The van der Waals surface area contributed by atoms with Crippen LogP contribution in [-0.4, -0.2) is 27.6 Å². The van der Waals surface area contributed by atoms with Crippen molar-refractivity contribution in [2.24, 2.45) is 0 Å². The van der Waals surface area contributed by atoms with Crippen molar-refractivity contribution in [3.63, 3.8) is 0 Å². The summed E-state index contributed by atoms with van der Waals surface area (Å²) in [5.41, 5.74) is 3.49. The Bertz CT molecular complexity index is 1420. The zero-order chi connectivity index (χ0) is 22.9. The molecule has 0 radical (unpaired) electrons. The first-order valence-corrected chi connectivity index (χ1v) is 11.0. The lowest BCUT2D eigenvalue weighted by atomic mass is 9.91. The first-order valence-electron chi connectivity index (χ1n) is 11.0. The van der Waals surface area contributed by atoms with Crippen molar-refractivity contribution in [2.45, 2.75) is 31.8 Å². The van der Waals surface area contributed by atoms with E-state index < -0.39 is 5.97 Å². The molecule has 5 rings (SSSR count). The molecule has 0 saturated heterocycles. The van der Waals surface area contributed by atoms with E-state index in [2.05, 4.69) is 5.32 Å². The molecular formula is C27H23FN2O3. The average Bonchev–Trinajstić information content (AvgIpc) is 3.09. The van der Waals surface area contributed by atoms with Crippen molar-refractivity contribution in [1.29, 1.82) is 0 Å². The molecule has 1 aliphatic rings. The Morgan fingerprint density at radius 1 is 1.09 bits per heavy atom. The minimum absolute atomic E-state index is 0.0987. The van der Waals surface area contributed by atoms with Gasteiger partial charge >= 0.3 is 5.97 Å². The van der Waals surface area contributed by atoms with E-state index in [4.69, 9.17) is 0 Å². The van der Waals surface area contributed by atoms with Crippen LogP contribution in [0.2, 0.25) is 0 Å². The molecule has 0 saturated carbocycles. The number of carboxylic acids is 1. The van der Waals surface area contributed by atoms with Crippen molar-refractivity contribution in [3.05, 3.63) is 89.4 Å². The largest absolute Gasteiger partial charge is 0.480 e. The Labute approximate surface area is 190 Å². The summed E-state index contributed by atoms with van der Waals surface area (Å²) in [5.74, 6) is -1.48. The number of benzene rings is 3. The second-order valence-corrected chi connectivity index (χ2v) is 8.45. The number of hydrogen-bond acceptors (Lipinski definition) is 2. The Kier molecular flexibility index (Phi) is 5.42. The second kappa shape index (κ2) is 8.54. The number of aliphatic carboxylic acids is 1. The number of carbonyl (C=O) groups is 2. The summed E-state index contributed by atoms with van der Waals surface area (Å²) in [6.45, 7) is -0.164. The Morgan fingerprint density at radius 3 is 2.73 bits per heavy atom. The number of nitrogens with zero attached hydrogens (tertiary/aromatic N) is 1. The third-order valence-electron chi connectivity index (χ3n) is 6.27. The number of nitrogens with one attached hydrogen (secondary N) is 1. The highest BCUT2D eigenvalue weighted by atomic mass is 19.1. The average molecular weight is 442 g/mol. The molecule has 4 aromatic rings. The molecule has 6 heteroatoms. The highest BCUT2D eigenvalue weighted by Gasteiger charge is 2.27. The zero-order valence-corrected chi connectivity index (χ0v) is 17.9. The smallest absolute Gasteiger partial charge is 0.323 e. The van der Waals surface area contributed by atoms with E-state index in [1.54, 1.807) is 16.7 Å². The van der Waals surface area contributed by atoms with Gasteiger partial charge in [0.25, 0.3) is 0 Å². The molecular weight excluding hydrogens is 419 g/mol. The van der Waals surface area contributed by atoms with Crippen molar-refractivity contribution in [1.82, 2.24) is 9.88 Å². The molecule has 1 unspecified atom stereocenters. The van der Waals surface area contributed by atoms with Gasteiger partial charge in [0.1, 0.15) is 12.4 Å². The fourth-order valence-corrected chi connectivity index (χ4v) is 4.79. The lowest BCUT2D eigenvalue weighted by Gasteiger charge is -2.24. The van der Waals surface area contributed by atoms with E-state index in [0.29, 0.717) is 24.8 Å². The number of amides is 1. The van der Waals surface area contributed by atoms with Crippen LogP contribution in [0.15, 0.2) is 66.7 Å². The molecule has 33 heavy (non-hydrogen) atoms. The summed E-state index contributed by atoms with van der Waals surface area (Å²) < 4.78 is 15.7. The molecule has 1 aromatic heterocycles. The van der Waals surface area contributed by atoms with E-state index in [-0.39, 0.29) is 24.3 Å². The number of rotatable bonds is 5. The molecule has 0 bridgehead atoms. The van der Waals surface area contributed by atoms with Gasteiger partial charge in [-0.15, -0.1) is 0 Å². The van der Waals surface area contributed by atoms with E-state index in [1.807, 2.05) is 42.5 Å². The summed E-state index contributed by atoms with van der Waals surface area (Å²) >= 11 is 0. The van der Waals surface area contributed by atoms with Gasteiger partial charge in [-0.05, 0) is 71.5 Å². The number of carboxylic acid groups (broad SMARTS) is 1. The van der Waals surface area contributed by atoms with E-state index in [1.165, 1.54) is 18.2 Å². The quantitative estimate of drug-likeness (QED) is 0.440. The third-order valence-corrected chi connectivity index (χ3v) is 6.27. The van der Waals surface area contributed by atoms with Gasteiger partial charge in [-0.1, -0.05) is 36.4 Å². The van der Waals surface area contributed by atoms with Gasteiger partial charge in [-0.2, -0.15) is 0 Å². The molecule has 1 aliphatic carbocycles. The lowest BCUT2D eigenvalue weighted by Crippen LogP contribution is -2.38. The van der Waals surface area contributed by atoms with Gasteiger partial charge < -0.3 is 15.0 Å². The van der Waals surface area contributed by atoms with Crippen molar-refractivity contribution < 1.29 is 19.1 Å². The minimum Gasteiger partial charge on any atom is -0.480 e.